The molecule has 0 bridgehead atoms. The number of carbonyl (C=O) groups is 2. The summed E-state index contributed by atoms with van der Waals surface area (Å²) in [4.78, 5) is 28.9. The van der Waals surface area contributed by atoms with E-state index in [2.05, 4.69) is 0 Å². The molecule has 1 fully saturated rings. The number of carbonyl (C=O) groups excluding carboxylic acids is 2. The minimum absolute atomic E-state index is 0.0102. The molecule has 4 nitrogen and oxygen atoms in total. The van der Waals surface area contributed by atoms with E-state index in [1.54, 1.807) is 40.1 Å². The van der Waals surface area contributed by atoms with Crippen molar-refractivity contribution >= 4 is 23.6 Å². The van der Waals surface area contributed by atoms with E-state index in [0.717, 1.165) is 0 Å². The van der Waals surface area contributed by atoms with E-state index in [-0.39, 0.29) is 23.2 Å². The van der Waals surface area contributed by atoms with Crippen molar-refractivity contribution in [2.75, 3.05) is 31.9 Å². The Hall–Kier alpha value is -2.41. The summed E-state index contributed by atoms with van der Waals surface area (Å²) in [5, 5.41) is 0. The fourth-order valence-electron chi connectivity index (χ4n) is 3.14. The van der Waals surface area contributed by atoms with Crippen molar-refractivity contribution in [3.8, 4) is 0 Å². The van der Waals surface area contributed by atoms with Crippen molar-refractivity contribution in [2.45, 2.75) is 17.7 Å². The van der Waals surface area contributed by atoms with Crippen LogP contribution in [-0.4, -0.2) is 53.5 Å². The molecule has 0 unspecified atom stereocenters. The third-order valence-electron chi connectivity index (χ3n) is 4.65. The summed E-state index contributed by atoms with van der Waals surface area (Å²) in [5.41, 5.74) is 0.0589. The van der Waals surface area contributed by atoms with Gasteiger partial charge in [-0.1, -0.05) is 24.3 Å². The van der Waals surface area contributed by atoms with Crippen LogP contribution in [0, 0.1) is 11.6 Å². The highest BCUT2D eigenvalue weighted by atomic mass is 32.2. The number of benzene rings is 2. The molecule has 3 rings (SSSR count). The van der Waals surface area contributed by atoms with Crippen LogP contribution in [0.4, 0.5) is 8.78 Å². The third kappa shape index (κ3) is 5.10. The molecule has 2 aromatic carbocycles. The summed E-state index contributed by atoms with van der Waals surface area (Å²) < 4.78 is 27.5. The van der Waals surface area contributed by atoms with Crippen molar-refractivity contribution in [3.05, 3.63) is 65.7 Å². The van der Waals surface area contributed by atoms with Crippen molar-refractivity contribution in [1.82, 2.24) is 9.80 Å². The smallest absolute Gasteiger partial charge is 0.256 e. The van der Waals surface area contributed by atoms with E-state index in [4.69, 9.17) is 0 Å². The van der Waals surface area contributed by atoms with Crippen LogP contribution in [0.15, 0.2) is 53.4 Å². The molecule has 0 radical (unpaired) electrons. The Kier molecular flexibility index (Phi) is 7.03. The summed E-state index contributed by atoms with van der Waals surface area (Å²) in [5.74, 6) is -0.674. The van der Waals surface area contributed by atoms with Crippen molar-refractivity contribution < 1.29 is 18.4 Å². The summed E-state index contributed by atoms with van der Waals surface area (Å²) >= 11 is 1.32. The van der Waals surface area contributed by atoms with Crippen LogP contribution in [-0.2, 0) is 4.79 Å². The number of hydrogen-bond acceptors (Lipinski definition) is 3. The van der Waals surface area contributed by atoms with Crippen molar-refractivity contribution in [3.63, 3.8) is 0 Å². The maximum Gasteiger partial charge on any atom is 0.256 e. The van der Waals surface area contributed by atoms with E-state index in [1.807, 2.05) is 0 Å². The zero-order valence-electron chi connectivity index (χ0n) is 15.4. The van der Waals surface area contributed by atoms with Crippen LogP contribution in [0.5, 0.6) is 0 Å². The normalized spacial score (nSPS) is 14.6. The average Bonchev–Trinajstić information content (AvgIpc) is 2.95. The van der Waals surface area contributed by atoms with Gasteiger partial charge in [-0.3, -0.25) is 9.59 Å². The lowest BCUT2D eigenvalue weighted by Gasteiger charge is -2.22. The molecule has 0 aliphatic carbocycles. The highest BCUT2D eigenvalue weighted by Crippen LogP contribution is 2.22. The molecule has 1 heterocycles. The Labute approximate surface area is 167 Å². The summed E-state index contributed by atoms with van der Waals surface area (Å²) in [6.07, 6.45) is 0.951. The molecule has 148 valence electrons. The van der Waals surface area contributed by atoms with Gasteiger partial charge in [0, 0.05) is 43.2 Å². The first-order valence-corrected chi connectivity index (χ1v) is 10.2. The Morgan fingerprint density at radius 3 is 2.25 bits per heavy atom. The monoisotopic (exact) mass is 404 g/mol. The van der Waals surface area contributed by atoms with E-state index in [9.17, 15) is 18.4 Å². The predicted octanol–water partition coefficient (Wildman–Crippen LogP) is 3.82. The van der Waals surface area contributed by atoms with Crippen LogP contribution in [0.25, 0.3) is 0 Å². The lowest BCUT2D eigenvalue weighted by atomic mass is 10.2. The highest BCUT2D eigenvalue weighted by molar-refractivity contribution is 7.99. The number of thioether (sulfide) groups is 1. The number of hydrogen-bond donors (Lipinski definition) is 0. The molecule has 1 aliphatic rings. The quantitative estimate of drug-likeness (QED) is 0.712. The van der Waals surface area contributed by atoms with Gasteiger partial charge < -0.3 is 9.80 Å². The first kappa shape index (κ1) is 20.3. The van der Waals surface area contributed by atoms with Gasteiger partial charge in [-0.2, -0.15) is 0 Å². The maximum absolute atomic E-state index is 13.9. The van der Waals surface area contributed by atoms with E-state index in [1.165, 1.54) is 30.0 Å². The second-order valence-electron chi connectivity index (χ2n) is 6.54. The zero-order chi connectivity index (χ0) is 19.9. The van der Waals surface area contributed by atoms with Gasteiger partial charge in [-0.05, 0) is 30.7 Å². The average molecular weight is 404 g/mol. The molecule has 0 aromatic heterocycles. The lowest BCUT2D eigenvalue weighted by Crippen LogP contribution is -2.37. The maximum atomic E-state index is 13.9. The Morgan fingerprint density at radius 2 is 1.50 bits per heavy atom. The van der Waals surface area contributed by atoms with Crippen LogP contribution in [0.2, 0.25) is 0 Å². The summed E-state index contributed by atoms with van der Waals surface area (Å²) in [6.45, 7) is 1.84. The van der Waals surface area contributed by atoms with Gasteiger partial charge in [-0.15, -0.1) is 11.8 Å². The second-order valence-corrected chi connectivity index (χ2v) is 7.67. The van der Waals surface area contributed by atoms with Gasteiger partial charge in [0.25, 0.3) is 5.91 Å². The highest BCUT2D eigenvalue weighted by Gasteiger charge is 2.24. The first-order valence-electron chi connectivity index (χ1n) is 9.25. The number of halogens is 2. The third-order valence-corrected chi connectivity index (χ3v) is 5.70. The minimum Gasteiger partial charge on any atom is -0.341 e. The Bertz CT molecular complexity index is 847. The molecule has 2 amide bonds. The van der Waals surface area contributed by atoms with E-state index >= 15 is 0 Å². The van der Waals surface area contributed by atoms with Crippen molar-refractivity contribution in [1.29, 1.82) is 0 Å². The van der Waals surface area contributed by atoms with Crippen LogP contribution < -0.4 is 0 Å². The topological polar surface area (TPSA) is 40.6 Å². The lowest BCUT2D eigenvalue weighted by molar-refractivity contribution is -0.130. The molecule has 1 aliphatic heterocycles. The predicted molar refractivity (Wildman–Crippen MR) is 105 cm³/mol. The number of amides is 2. The zero-order valence-corrected chi connectivity index (χ0v) is 16.3. The van der Waals surface area contributed by atoms with E-state index < -0.39 is 5.82 Å². The van der Waals surface area contributed by atoms with Gasteiger partial charge in [0.15, 0.2) is 0 Å². The number of nitrogens with zero attached hydrogens (tertiary/aromatic N) is 2. The fraction of sp³-hybridized carbons (Fsp3) is 0.333. The van der Waals surface area contributed by atoms with Crippen LogP contribution >= 0.6 is 11.8 Å². The molecule has 28 heavy (non-hydrogen) atoms. The molecule has 7 heteroatoms. The van der Waals surface area contributed by atoms with Gasteiger partial charge in [0.1, 0.15) is 11.6 Å². The summed E-state index contributed by atoms with van der Waals surface area (Å²) in [6, 6.07) is 12.4. The Morgan fingerprint density at radius 1 is 0.857 bits per heavy atom. The molecular weight excluding hydrogens is 382 g/mol. The van der Waals surface area contributed by atoms with Crippen LogP contribution in [0.3, 0.4) is 0 Å². The minimum atomic E-state index is -0.533. The molecule has 0 spiro atoms. The number of rotatable bonds is 5. The first-order chi connectivity index (χ1) is 13.6. The summed E-state index contributed by atoms with van der Waals surface area (Å²) in [7, 11) is 0. The SMILES string of the molecule is O=C(CCSc1ccccc1F)N1CCCN(C(=O)c2ccccc2F)CC1. The molecule has 0 N–H and O–H groups in total. The largest absolute Gasteiger partial charge is 0.341 e. The Balaban J connectivity index is 1.50. The molecule has 0 saturated carbocycles. The van der Waals surface area contributed by atoms with Crippen molar-refractivity contribution in [2.24, 2.45) is 0 Å². The van der Waals surface area contributed by atoms with Gasteiger partial charge in [0.05, 0.1) is 5.56 Å². The standard InChI is InChI=1S/C21H22F2N2O2S/c22-17-7-2-1-6-16(17)21(27)25-12-5-11-24(13-14-25)20(26)10-15-28-19-9-4-3-8-18(19)23/h1-4,6-9H,5,10-15H2. The molecular formula is C21H22F2N2O2S. The molecule has 1 saturated heterocycles. The van der Waals surface area contributed by atoms with E-state index in [0.29, 0.717) is 49.7 Å². The van der Waals surface area contributed by atoms with Gasteiger partial charge >= 0.3 is 0 Å². The second kappa shape index (κ2) is 9.68. The fourth-order valence-corrected chi connectivity index (χ4v) is 4.02. The molecule has 0 atom stereocenters. The van der Waals surface area contributed by atoms with Gasteiger partial charge in [-0.25, -0.2) is 8.78 Å². The van der Waals surface area contributed by atoms with Gasteiger partial charge in [0.2, 0.25) is 5.91 Å². The molecule has 2 aromatic rings. The van der Waals surface area contributed by atoms with Crippen LogP contribution in [0.1, 0.15) is 23.2 Å².